The Labute approximate surface area is 149 Å². The van der Waals surface area contributed by atoms with E-state index in [-0.39, 0.29) is 18.0 Å². The number of nitrogens with one attached hydrogen (secondary N) is 2. The van der Waals surface area contributed by atoms with E-state index in [1.54, 1.807) is 6.07 Å². The number of hydrogen-bond acceptors (Lipinski definition) is 4. The second-order valence-corrected chi connectivity index (χ2v) is 7.82. The summed E-state index contributed by atoms with van der Waals surface area (Å²) in [7, 11) is 0. The molecule has 3 atom stereocenters. The number of pyridine rings is 1. The van der Waals surface area contributed by atoms with Gasteiger partial charge in [0.15, 0.2) is 0 Å². The van der Waals surface area contributed by atoms with Crippen LogP contribution in [0.15, 0.2) is 18.3 Å². The van der Waals surface area contributed by atoms with Gasteiger partial charge in [-0.1, -0.05) is 12.8 Å². The van der Waals surface area contributed by atoms with E-state index in [1.165, 1.54) is 25.1 Å². The molecule has 0 aliphatic heterocycles. The van der Waals surface area contributed by atoms with E-state index in [0.29, 0.717) is 18.5 Å². The molecule has 1 fully saturated rings. The van der Waals surface area contributed by atoms with Gasteiger partial charge in [0.1, 0.15) is 11.4 Å². The van der Waals surface area contributed by atoms with Crippen molar-refractivity contribution in [2.75, 3.05) is 6.54 Å². The monoisotopic (exact) mass is 351 g/mol. The lowest BCUT2D eigenvalue weighted by molar-refractivity contribution is 0.0510. The Balaban J connectivity index is 1.89. The molecule has 140 valence electrons. The molecule has 25 heavy (non-hydrogen) atoms. The Hall–Kier alpha value is -1.69. The normalized spacial score (nSPS) is 22.3. The van der Waals surface area contributed by atoms with Crippen molar-refractivity contribution in [3.63, 3.8) is 0 Å². The third kappa shape index (κ3) is 6.61. The van der Waals surface area contributed by atoms with E-state index in [9.17, 15) is 9.18 Å². The summed E-state index contributed by atoms with van der Waals surface area (Å²) in [6.45, 7) is 8.20. The van der Waals surface area contributed by atoms with Crippen LogP contribution in [0, 0.1) is 11.7 Å². The van der Waals surface area contributed by atoms with E-state index >= 15 is 0 Å². The first-order valence-corrected chi connectivity index (χ1v) is 9.09. The van der Waals surface area contributed by atoms with E-state index in [1.807, 2.05) is 27.7 Å². The Morgan fingerprint density at radius 3 is 2.72 bits per heavy atom. The summed E-state index contributed by atoms with van der Waals surface area (Å²) < 4.78 is 18.3. The van der Waals surface area contributed by atoms with Crippen molar-refractivity contribution in [3.8, 4) is 0 Å². The Bertz CT molecular complexity index is 557. The van der Waals surface area contributed by atoms with Crippen LogP contribution in [-0.2, 0) is 4.74 Å². The van der Waals surface area contributed by atoms with Gasteiger partial charge in [-0.3, -0.25) is 4.98 Å². The lowest BCUT2D eigenvalue weighted by atomic mass is 9.84. The minimum atomic E-state index is -0.489. The molecule has 0 spiro atoms. The van der Waals surface area contributed by atoms with Crippen molar-refractivity contribution in [1.82, 2.24) is 15.6 Å². The minimum Gasteiger partial charge on any atom is -0.444 e. The molecule has 1 amide bonds. The predicted octanol–water partition coefficient (Wildman–Crippen LogP) is 3.95. The number of rotatable bonds is 5. The maximum Gasteiger partial charge on any atom is 0.407 e. The predicted molar refractivity (Wildman–Crippen MR) is 95.7 cm³/mol. The molecular formula is C19H30FN3O2. The highest BCUT2D eigenvalue weighted by Gasteiger charge is 2.27. The molecule has 0 radical (unpaired) electrons. The molecule has 1 aromatic rings. The molecule has 3 unspecified atom stereocenters. The topological polar surface area (TPSA) is 63.2 Å². The molecule has 2 N–H and O–H groups in total. The minimum absolute atomic E-state index is 0.0349. The molecule has 1 heterocycles. The molecule has 2 rings (SSSR count). The van der Waals surface area contributed by atoms with Gasteiger partial charge in [-0.05, 0) is 58.6 Å². The van der Waals surface area contributed by atoms with Crippen molar-refractivity contribution < 1.29 is 13.9 Å². The van der Waals surface area contributed by atoms with Crippen molar-refractivity contribution in [1.29, 1.82) is 0 Å². The highest BCUT2D eigenvalue weighted by atomic mass is 19.1. The maximum absolute atomic E-state index is 13.0. The zero-order chi connectivity index (χ0) is 18.4. The Morgan fingerprint density at radius 2 is 2.08 bits per heavy atom. The number of carbonyl (C=O) groups excluding carboxylic acids is 1. The highest BCUT2D eigenvalue weighted by Crippen LogP contribution is 2.26. The van der Waals surface area contributed by atoms with E-state index in [2.05, 4.69) is 15.6 Å². The van der Waals surface area contributed by atoms with Crippen LogP contribution < -0.4 is 10.6 Å². The van der Waals surface area contributed by atoms with E-state index in [4.69, 9.17) is 4.74 Å². The van der Waals surface area contributed by atoms with Crippen LogP contribution in [0.5, 0.6) is 0 Å². The van der Waals surface area contributed by atoms with Crippen molar-refractivity contribution >= 4 is 6.09 Å². The zero-order valence-corrected chi connectivity index (χ0v) is 15.6. The number of alkyl carbamates (subject to hydrolysis) is 1. The fraction of sp³-hybridized carbons (Fsp3) is 0.684. The first kappa shape index (κ1) is 19.6. The van der Waals surface area contributed by atoms with Crippen LogP contribution in [0.3, 0.4) is 0 Å². The molecule has 0 bridgehead atoms. The number of hydrogen-bond donors (Lipinski definition) is 2. The third-order valence-corrected chi connectivity index (χ3v) is 4.47. The van der Waals surface area contributed by atoms with Crippen molar-refractivity contribution in [3.05, 3.63) is 29.8 Å². The number of halogens is 1. The summed E-state index contributed by atoms with van der Waals surface area (Å²) in [4.78, 5) is 16.0. The summed E-state index contributed by atoms with van der Waals surface area (Å²) in [5, 5.41) is 6.49. The van der Waals surface area contributed by atoms with Gasteiger partial charge < -0.3 is 15.4 Å². The van der Waals surface area contributed by atoms with Gasteiger partial charge >= 0.3 is 6.09 Å². The lowest BCUT2D eigenvalue weighted by Crippen LogP contribution is -2.45. The molecule has 0 saturated heterocycles. The molecule has 1 aliphatic rings. The lowest BCUT2D eigenvalue weighted by Gasteiger charge is -2.34. The van der Waals surface area contributed by atoms with Gasteiger partial charge in [-0.25, -0.2) is 9.18 Å². The molecule has 0 aromatic carbocycles. The third-order valence-electron chi connectivity index (χ3n) is 4.47. The van der Waals surface area contributed by atoms with Crippen LogP contribution in [0.2, 0.25) is 0 Å². The fourth-order valence-corrected chi connectivity index (χ4v) is 3.25. The van der Waals surface area contributed by atoms with Gasteiger partial charge in [-0.2, -0.15) is 0 Å². The van der Waals surface area contributed by atoms with Gasteiger partial charge in [0.25, 0.3) is 0 Å². The summed E-state index contributed by atoms with van der Waals surface area (Å²) >= 11 is 0. The summed E-state index contributed by atoms with van der Waals surface area (Å²) in [6, 6.07) is 3.48. The number of carbonyl (C=O) groups is 1. The maximum atomic E-state index is 13.0. The first-order chi connectivity index (χ1) is 11.7. The van der Waals surface area contributed by atoms with Crippen LogP contribution in [0.25, 0.3) is 0 Å². The Morgan fingerprint density at radius 1 is 1.36 bits per heavy atom. The number of amides is 1. The second-order valence-electron chi connectivity index (χ2n) is 7.82. The highest BCUT2D eigenvalue weighted by molar-refractivity contribution is 5.67. The average Bonchev–Trinajstić information content (AvgIpc) is 2.53. The largest absolute Gasteiger partial charge is 0.444 e. The number of aromatic nitrogens is 1. The summed E-state index contributed by atoms with van der Waals surface area (Å²) in [5.41, 5.74) is 0.336. The van der Waals surface area contributed by atoms with Crippen LogP contribution in [0.1, 0.15) is 65.1 Å². The van der Waals surface area contributed by atoms with Crippen molar-refractivity contribution in [2.24, 2.45) is 5.92 Å². The van der Waals surface area contributed by atoms with E-state index in [0.717, 1.165) is 18.5 Å². The van der Waals surface area contributed by atoms with Gasteiger partial charge in [0, 0.05) is 18.6 Å². The van der Waals surface area contributed by atoms with Crippen LogP contribution >= 0.6 is 0 Å². The number of nitrogens with zero attached hydrogens (tertiary/aromatic N) is 1. The SMILES string of the molecule is CC(NC1CCCCC1CNC(=O)OC(C)(C)C)c1ccc(F)cn1. The first-order valence-electron chi connectivity index (χ1n) is 9.09. The smallest absolute Gasteiger partial charge is 0.407 e. The standard InChI is InChI=1S/C19H30FN3O2/c1-13(16-10-9-15(20)12-21-16)23-17-8-6-5-7-14(17)11-22-18(24)25-19(2,3)4/h9-10,12-14,17,23H,5-8,11H2,1-4H3,(H,22,24). The van der Waals surface area contributed by atoms with Gasteiger partial charge in [0.05, 0.1) is 11.9 Å². The molecule has 1 saturated carbocycles. The molecule has 6 heteroatoms. The fourth-order valence-electron chi connectivity index (χ4n) is 3.25. The molecule has 5 nitrogen and oxygen atoms in total. The average molecular weight is 351 g/mol. The van der Waals surface area contributed by atoms with E-state index < -0.39 is 5.60 Å². The van der Waals surface area contributed by atoms with Crippen molar-refractivity contribution in [2.45, 2.75) is 71.1 Å². The van der Waals surface area contributed by atoms with Gasteiger partial charge in [-0.15, -0.1) is 0 Å². The van der Waals surface area contributed by atoms with Gasteiger partial charge in [0.2, 0.25) is 0 Å². The second kappa shape index (κ2) is 8.61. The number of ether oxygens (including phenoxy) is 1. The molecular weight excluding hydrogens is 321 g/mol. The zero-order valence-electron chi connectivity index (χ0n) is 15.6. The van der Waals surface area contributed by atoms with Crippen LogP contribution in [0.4, 0.5) is 9.18 Å². The Kier molecular flexibility index (Phi) is 6.76. The molecule has 1 aliphatic carbocycles. The summed E-state index contributed by atoms with van der Waals surface area (Å²) in [5.74, 6) is 0.0252. The van der Waals surface area contributed by atoms with Crippen LogP contribution in [-0.4, -0.2) is 29.3 Å². The molecule has 1 aromatic heterocycles. The quantitative estimate of drug-likeness (QED) is 0.843. The summed E-state index contributed by atoms with van der Waals surface area (Å²) in [6.07, 6.45) is 5.34.